The number of nitrogens with one attached hydrogen (secondary N) is 2. The van der Waals surface area contributed by atoms with E-state index in [1.165, 1.54) is 12.1 Å². The molecule has 2 aromatic rings. The summed E-state index contributed by atoms with van der Waals surface area (Å²) in [7, 11) is 1.73. The standard InChI is InChI=1S/C30H41F2N3O4/c1-5-7-8-35(4)30(38)22-11-19(3)10-21(15-22)29(37)34-27(14-20-12-23(31)16-24(32)13-20)28(36)26-17-25(18-33-26)39-9-6-2/h10-13,15-16,25-28,33,36H,5-9,14,17-18H2,1-4H3,(H,34,37)/t25-,26-,27+,28-/m1/s1. The normalized spacial score (nSPS) is 18.5. The molecule has 214 valence electrons. The Hall–Kier alpha value is -2.88. The largest absolute Gasteiger partial charge is 0.389 e. The summed E-state index contributed by atoms with van der Waals surface area (Å²) in [6.45, 7) is 7.66. The van der Waals surface area contributed by atoms with Crippen molar-refractivity contribution in [2.24, 2.45) is 0 Å². The highest BCUT2D eigenvalue weighted by Gasteiger charge is 2.35. The van der Waals surface area contributed by atoms with E-state index in [4.69, 9.17) is 4.74 Å². The SMILES string of the molecule is CCCCN(C)C(=O)c1cc(C)cc(C(=O)N[C@@H](Cc2cc(F)cc(F)c2)[C@H](O)[C@H]2C[C@@H](OCCC)CN2)c1. The van der Waals surface area contributed by atoms with Crippen LogP contribution in [-0.4, -0.2) is 72.9 Å². The third-order valence-corrected chi connectivity index (χ3v) is 6.98. The lowest BCUT2D eigenvalue weighted by molar-refractivity contribution is 0.0514. The second kappa shape index (κ2) is 14.5. The number of unbranched alkanes of at least 4 members (excludes halogenated alkanes) is 1. The molecule has 3 rings (SSSR count). The maximum Gasteiger partial charge on any atom is 0.253 e. The topological polar surface area (TPSA) is 90.9 Å². The summed E-state index contributed by atoms with van der Waals surface area (Å²) in [5.74, 6) is -2.13. The molecule has 2 amide bonds. The van der Waals surface area contributed by atoms with Crippen LogP contribution >= 0.6 is 0 Å². The van der Waals surface area contributed by atoms with Gasteiger partial charge in [0.05, 0.1) is 18.2 Å². The molecule has 0 bridgehead atoms. The summed E-state index contributed by atoms with van der Waals surface area (Å²) in [6.07, 6.45) is 2.14. The molecule has 0 radical (unpaired) electrons. The minimum atomic E-state index is -1.05. The smallest absolute Gasteiger partial charge is 0.253 e. The van der Waals surface area contributed by atoms with Crippen molar-refractivity contribution >= 4 is 11.8 Å². The molecule has 1 aliphatic heterocycles. The van der Waals surface area contributed by atoms with Gasteiger partial charge >= 0.3 is 0 Å². The second-order valence-corrected chi connectivity index (χ2v) is 10.5. The van der Waals surface area contributed by atoms with E-state index >= 15 is 0 Å². The fraction of sp³-hybridized carbons (Fsp3) is 0.533. The Bertz CT molecular complexity index is 1110. The molecule has 1 saturated heterocycles. The summed E-state index contributed by atoms with van der Waals surface area (Å²) in [5.41, 5.74) is 1.73. The van der Waals surface area contributed by atoms with Crippen LogP contribution < -0.4 is 10.6 Å². The van der Waals surface area contributed by atoms with E-state index in [2.05, 4.69) is 17.6 Å². The number of hydrogen-bond acceptors (Lipinski definition) is 5. The van der Waals surface area contributed by atoms with Gasteiger partial charge < -0.3 is 25.4 Å². The number of aliphatic hydroxyl groups is 1. The van der Waals surface area contributed by atoms with Gasteiger partial charge in [0.2, 0.25) is 0 Å². The minimum Gasteiger partial charge on any atom is -0.389 e. The first kappa shape index (κ1) is 30.7. The van der Waals surface area contributed by atoms with Gasteiger partial charge in [0.1, 0.15) is 11.6 Å². The number of aliphatic hydroxyl groups excluding tert-OH is 1. The summed E-state index contributed by atoms with van der Waals surface area (Å²) >= 11 is 0. The molecule has 1 aliphatic rings. The maximum atomic E-state index is 13.9. The molecule has 7 nitrogen and oxygen atoms in total. The highest BCUT2D eigenvalue weighted by Crippen LogP contribution is 2.20. The predicted octanol–water partition coefficient (Wildman–Crippen LogP) is 4.00. The van der Waals surface area contributed by atoms with Crippen LogP contribution in [0.1, 0.15) is 71.4 Å². The number of amides is 2. The average molecular weight is 546 g/mol. The highest BCUT2D eigenvalue weighted by atomic mass is 19.1. The maximum absolute atomic E-state index is 13.9. The van der Waals surface area contributed by atoms with Crippen LogP contribution in [0, 0.1) is 18.6 Å². The van der Waals surface area contributed by atoms with Crippen LogP contribution in [0.25, 0.3) is 0 Å². The van der Waals surface area contributed by atoms with Gasteiger partial charge in [0.25, 0.3) is 11.8 Å². The molecule has 0 aliphatic carbocycles. The summed E-state index contributed by atoms with van der Waals surface area (Å²) < 4.78 is 33.7. The molecule has 2 aromatic carbocycles. The quantitative estimate of drug-likeness (QED) is 0.354. The molecule has 0 unspecified atom stereocenters. The van der Waals surface area contributed by atoms with Crippen LogP contribution in [0.15, 0.2) is 36.4 Å². The Morgan fingerprint density at radius 2 is 1.79 bits per heavy atom. The number of carbonyl (C=O) groups excluding carboxylic acids is 2. The van der Waals surface area contributed by atoms with E-state index in [1.54, 1.807) is 37.1 Å². The van der Waals surface area contributed by atoms with Gasteiger partial charge in [-0.3, -0.25) is 9.59 Å². The molecule has 0 aromatic heterocycles. The molecule has 0 spiro atoms. The molecule has 1 heterocycles. The third-order valence-electron chi connectivity index (χ3n) is 6.98. The van der Waals surface area contributed by atoms with Crippen molar-refractivity contribution in [3.63, 3.8) is 0 Å². The lowest BCUT2D eigenvalue weighted by Crippen LogP contribution is -2.52. The molecular formula is C30H41F2N3O4. The van der Waals surface area contributed by atoms with Crippen molar-refractivity contribution in [3.8, 4) is 0 Å². The van der Waals surface area contributed by atoms with Crippen molar-refractivity contribution in [2.45, 2.75) is 77.2 Å². The van der Waals surface area contributed by atoms with Crippen LogP contribution in [-0.2, 0) is 11.2 Å². The fourth-order valence-electron chi connectivity index (χ4n) is 4.93. The molecular weight excluding hydrogens is 504 g/mol. The van der Waals surface area contributed by atoms with Crippen molar-refractivity contribution in [2.75, 3.05) is 26.7 Å². The molecule has 0 saturated carbocycles. The molecule has 39 heavy (non-hydrogen) atoms. The van der Waals surface area contributed by atoms with Gasteiger partial charge in [-0.15, -0.1) is 0 Å². The van der Waals surface area contributed by atoms with Gasteiger partial charge in [-0.25, -0.2) is 8.78 Å². The average Bonchev–Trinajstić information content (AvgIpc) is 3.37. The zero-order valence-electron chi connectivity index (χ0n) is 23.3. The van der Waals surface area contributed by atoms with Crippen molar-refractivity contribution in [3.05, 3.63) is 70.3 Å². The summed E-state index contributed by atoms with van der Waals surface area (Å²) in [5, 5.41) is 17.4. The molecule has 9 heteroatoms. The molecule has 4 atom stereocenters. The molecule has 1 fully saturated rings. The van der Waals surface area contributed by atoms with E-state index < -0.39 is 29.7 Å². The Morgan fingerprint density at radius 3 is 2.46 bits per heavy atom. The number of ether oxygens (including phenoxy) is 1. The van der Waals surface area contributed by atoms with Gasteiger partial charge in [-0.2, -0.15) is 0 Å². The van der Waals surface area contributed by atoms with Gasteiger partial charge in [0.15, 0.2) is 0 Å². The summed E-state index contributed by atoms with van der Waals surface area (Å²) in [4.78, 5) is 28.0. The van der Waals surface area contributed by atoms with Crippen LogP contribution in [0.4, 0.5) is 8.78 Å². The Morgan fingerprint density at radius 1 is 1.10 bits per heavy atom. The minimum absolute atomic E-state index is 0.0115. The van der Waals surface area contributed by atoms with E-state index in [0.717, 1.165) is 30.9 Å². The van der Waals surface area contributed by atoms with Crippen molar-refractivity contribution in [1.29, 1.82) is 0 Å². The van der Waals surface area contributed by atoms with E-state index in [9.17, 15) is 23.5 Å². The van der Waals surface area contributed by atoms with Crippen LogP contribution in [0.5, 0.6) is 0 Å². The number of benzene rings is 2. The van der Waals surface area contributed by atoms with E-state index in [1.807, 2.05) is 6.92 Å². The summed E-state index contributed by atoms with van der Waals surface area (Å²) in [6, 6.07) is 6.89. The van der Waals surface area contributed by atoms with Gasteiger partial charge in [-0.1, -0.05) is 20.3 Å². The second-order valence-electron chi connectivity index (χ2n) is 10.5. The van der Waals surface area contributed by atoms with E-state index in [0.29, 0.717) is 37.2 Å². The first-order valence-corrected chi connectivity index (χ1v) is 13.8. The predicted molar refractivity (Wildman–Crippen MR) is 147 cm³/mol. The number of carbonyl (C=O) groups is 2. The number of nitrogens with zero attached hydrogens (tertiary/aromatic N) is 1. The van der Waals surface area contributed by atoms with Crippen LogP contribution in [0.3, 0.4) is 0 Å². The fourth-order valence-corrected chi connectivity index (χ4v) is 4.93. The third kappa shape index (κ3) is 8.81. The lowest BCUT2D eigenvalue weighted by atomic mass is 9.94. The Balaban J connectivity index is 1.82. The Labute approximate surface area is 229 Å². The number of rotatable bonds is 13. The number of hydrogen-bond donors (Lipinski definition) is 3. The molecule has 3 N–H and O–H groups in total. The number of aryl methyl sites for hydroxylation is 1. The first-order valence-electron chi connectivity index (χ1n) is 13.8. The highest BCUT2D eigenvalue weighted by molar-refractivity contribution is 6.00. The number of halogens is 2. The van der Waals surface area contributed by atoms with Crippen LogP contribution in [0.2, 0.25) is 0 Å². The lowest BCUT2D eigenvalue weighted by Gasteiger charge is -2.29. The Kier molecular flexibility index (Phi) is 11.4. The first-order chi connectivity index (χ1) is 18.6. The zero-order valence-corrected chi connectivity index (χ0v) is 23.3. The van der Waals surface area contributed by atoms with Crippen molar-refractivity contribution < 1.29 is 28.2 Å². The van der Waals surface area contributed by atoms with Gasteiger partial charge in [-0.05, 0) is 74.1 Å². The van der Waals surface area contributed by atoms with E-state index in [-0.39, 0.29) is 30.0 Å². The van der Waals surface area contributed by atoms with Crippen molar-refractivity contribution in [1.82, 2.24) is 15.5 Å². The zero-order chi connectivity index (χ0) is 28.5. The monoisotopic (exact) mass is 545 g/mol. The van der Waals surface area contributed by atoms with Gasteiger partial charge in [0, 0.05) is 50.0 Å².